The first-order valence-electron chi connectivity index (χ1n) is 6.20. The molecule has 2 unspecified atom stereocenters. The van der Waals surface area contributed by atoms with Crippen LogP contribution < -0.4 is 10.5 Å². The van der Waals surface area contributed by atoms with Gasteiger partial charge in [0.2, 0.25) is 0 Å². The molecule has 96 valence electrons. The third-order valence-corrected chi connectivity index (χ3v) is 3.01. The molecule has 3 heteroatoms. The predicted molar refractivity (Wildman–Crippen MR) is 72.3 cm³/mol. The second kappa shape index (κ2) is 6.62. The standard InChI is InChI=1S/C14H24N2O/c1-5-10-16(3)14(11(2)15)12-8-6-7-9-13(12)17-4/h6-9,11,14H,5,10,15H2,1-4H3. The molecule has 0 saturated heterocycles. The molecule has 0 spiro atoms. The molecule has 0 fully saturated rings. The number of nitrogens with zero attached hydrogens (tertiary/aromatic N) is 1. The van der Waals surface area contributed by atoms with Gasteiger partial charge in [-0.1, -0.05) is 25.1 Å². The van der Waals surface area contributed by atoms with E-state index in [1.54, 1.807) is 7.11 Å². The third-order valence-electron chi connectivity index (χ3n) is 3.01. The molecule has 2 N–H and O–H groups in total. The Balaban J connectivity index is 3.04. The molecule has 0 saturated carbocycles. The van der Waals surface area contributed by atoms with Crippen molar-refractivity contribution >= 4 is 0 Å². The number of para-hydroxylation sites is 1. The highest BCUT2D eigenvalue weighted by Crippen LogP contribution is 2.30. The minimum Gasteiger partial charge on any atom is -0.496 e. The molecular formula is C14H24N2O. The van der Waals surface area contributed by atoms with Gasteiger partial charge >= 0.3 is 0 Å². The van der Waals surface area contributed by atoms with Crippen molar-refractivity contribution in [3.8, 4) is 5.75 Å². The van der Waals surface area contributed by atoms with Gasteiger partial charge in [0.05, 0.1) is 13.2 Å². The van der Waals surface area contributed by atoms with E-state index >= 15 is 0 Å². The number of hydrogen-bond donors (Lipinski definition) is 1. The highest BCUT2D eigenvalue weighted by atomic mass is 16.5. The van der Waals surface area contributed by atoms with E-state index in [0.717, 1.165) is 18.7 Å². The monoisotopic (exact) mass is 236 g/mol. The Morgan fingerprint density at radius 2 is 2.00 bits per heavy atom. The molecule has 1 aromatic carbocycles. The van der Waals surface area contributed by atoms with Gasteiger partial charge in [-0.3, -0.25) is 4.90 Å². The van der Waals surface area contributed by atoms with E-state index in [-0.39, 0.29) is 12.1 Å². The second-order valence-corrected chi connectivity index (χ2v) is 4.53. The van der Waals surface area contributed by atoms with Crippen LogP contribution in [0.3, 0.4) is 0 Å². The highest BCUT2D eigenvalue weighted by Gasteiger charge is 2.23. The van der Waals surface area contributed by atoms with Crippen molar-refractivity contribution in [3.63, 3.8) is 0 Å². The first-order chi connectivity index (χ1) is 8.11. The Morgan fingerprint density at radius 1 is 1.35 bits per heavy atom. The summed E-state index contributed by atoms with van der Waals surface area (Å²) >= 11 is 0. The van der Waals surface area contributed by atoms with Crippen molar-refractivity contribution in [2.24, 2.45) is 5.73 Å². The number of likely N-dealkylation sites (N-methyl/N-ethyl adjacent to an activating group) is 1. The van der Waals surface area contributed by atoms with Crippen LogP contribution in [0.4, 0.5) is 0 Å². The average molecular weight is 236 g/mol. The molecule has 0 aromatic heterocycles. The molecule has 0 radical (unpaired) electrons. The summed E-state index contributed by atoms with van der Waals surface area (Å²) < 4.78 is 5.42. The van der Waals surface area contributed by atoms with Gasteiger partial charge in [-0.25, -0.2) is 0 Å². The zero-order valence-corrected chi connectivity index (χ0v) is 11.3. The van der Waals surface area contributed by atoms with E-state index < -0.39 is 0 Å². The number of rotatable bonds is 6. The normalized spacial score (nSPS) is 14.7. The van der Waals surface area contributed by atoms with Crippen molar-refractivity contribution in [1.29, 1.82) is 0 Å². The Bertz CT molecular complexity index is 339. The number of nitrogens with two attached hydrogens (primary N) is 1. The van der Waals surface area contributed by atoms with Crippen LogP contribution in [0.5, 0.6) is 5.75 Å². The molecule has 0 amide bonds. The van der Waals surface area contributed by atoms with Crippen LogP contribution in [0, 0.1) is 0 Å². The van der Waals surface area contributed by atoms with Crippen LogP contribution in [-0.4, -0.2) is 31.6 Å². The Labute approximate surface area is 105 Å². The van der Waals surface area contributed by atoms with Crippen molar-refractivity contribution in [2.45, 2.75) is 32.4 Å². The van der Waals surface area contributed by atoms with Gasteiger partial charge in [0.15, 0.2) is 0 Å². The van der Waals surface area contributed by atoms with E-state index in [9.17, 15) is 0 Å². The Kier molecular flexibility index (Phi) is 5.45. The first-order valence-corrected chi connectivity index (χ1v) is 6.20. The first kappa shape index (κ1) is 14.0. The summed E-state index contributed by atoms with van der Waals surface area (Å²) in [7, 11) is 3.82. The van der Waals surface area contributed by atoms with Crippen LogP contribution in [0.25, 0.3) is 0 Å². The smallest absolute Gasteiger partial charge is 0.123 e. The lowest BCUT2D eigenvalue weighted by atomic mass is 9.98. The van der Waals surface area contributed by atoms with Crippen LogP contribution in [0.2, 0.25) is 0 Å². The summed E-state index contributed by atoms with van der Waals surface area (Å²) in [4.78, 5) is 2.29. The van der Waals surface area contributed by atoms with Crippen molar-refractivity contribution < 1.29 is 4.74 Å². The van der Waals surface area contributed by atoms with E-state index in [1.165, 1.54) is 5.56 Å². The average Bonchev–Trinajstić information content (AvgIpc) is 2.30. The number of benzene rings is 1. The van der Waals surface area contributed by atoms with Gasteiger partial charge in [0.1, 0.15) is 5.75 Å². The van der Waals surface area contributed by atoms with Crippen molar-refractivity contribution in [2.75, 3.05) is 20.7 Å². The second-order valence-electron chi connectivity index (χ2n) is 4.53. The highest BCUT2D eigenvalue weighted by molar-refractivity contribution is 5.36. The summed E-state index contributed by atoms with van der Waals surface area (Å²) in [5.41, 5.74) is 7.29. The minimum atomic E-state index is 0.0721. The van der Waals surface area contributed by atoms with Gasteiger partial charge < -0.3 is 10.5 Å². The number of hydrogen-bond acceptors (Lipinski definition) is 3. The molecular weight excluding hydrogens is 212 g/mol. The topological polar surface area (TPSA) is 38.5 Å². The maximum atomic E-state index is 6.13. The molecule has 2 atom stereocenters. The molecule has 0 aliphatic heterocycles. The summed E-state index contributed by atoms with van der Waals surface area (Å²) in [6, 6.07) is 8.38. The van der Waals surface area contributed by atoms with E-state index in [1.807, 2.05) is 25.1 Å². The summed E-state index contributed by atoms with van der Waals surface area (Å²) in [6.07, 6.45) is 1.12. The molecule has 0 aliphatic rings. The van der Waals surface area contributed by atoms with Gasteiger partial charge in [-0.2, -0.15) is 0 Å². The zero-order chi connectivity index (χ0) is 12.8. The van der Waals surface area contributed by atoms with Crippen molar-refractivity contribution in [1.82, 2.24) is 4.90 Å². The molecule has 0 heterocycles. The predicted octanol–water partition coefficient (Wildman–Crippen LogP) is 2.43. The van der Waals surface area contributed by atoms with Crippen molar-refractivity contribution in [3.05, 3.63) is 29.8 Å². The lowest BCUT2D eigenvalue weighted by Gasteiger charge is -2.32. The van der Waals surface area contributed by atoms with Crippen LogP contribution >= 0.6 is 0 Å². The van der Waals surface area contributed by atoms with E-state index in [0.29, 0.717) is 0 Å². The van der Waals surface area contributed by atoms with Gasteiger partial charge in [-0.05, 0) is 33.0 Å². The Hall–Kier alpha value is -1.06. The number of ether oxygens (including phenoxy) is 1. The lowest BCUT2D eigenvalue weighted by molar-refractivity contribution is 0.214. The van der Waals surface area contributed by atoms with Crippen LogP contribution in [-0.2, 0) is 0 Å². The summed E-state index contributed by atoms with van der Waals surface area (Å²) in [6.45, 7) is 5.25. The fraction of sp³-hybridized carbons (Fsp3) is 0.571. The van der Waals surface area contributed by atoms with Gasteiger partial charge in [0.25, 0.3) is 0 Å². The zero-order valence-electron chi connectivity index (χ0n) is 11.3. The SMILES string of the molecule is CCCN(C)C(c1ccccc1OC)C(C)N. The van der Waals surface area contributed by atoms with Gasteiger partial charge in [-0.15, -0.1) is 0 Å². The van der Waals surface area contributed by atoms with Crippen LogP contribution in [0.15, 0.2) is 24.3 Å². The molecule has 1 aromatic rings. The molecule has 0 bridgehead atoms. The van der Waals surface area contributed by atoms with E-state index in [4.69, 9.17) is 10.5 Å². The molecule has 17 heavy (non-hydrogen) atoms. The lowest BCUT2D eigenvalue weighted by Crippen LogP contribution is -2.37. The Morgan fingerprint density at radius 3 is 2.53 bits per heavy atom. The van der Waals surface area contributed by atoms with Crippen LogP contribution in [0.1, 0.15) is 31.9 Å². The number of methoxy groups -OCH3 is 1. The molecule has 1 rings (SSSR count). The molecule has 0 aliphatic carbocycles. The van der Waals surface area contributed by atoms with E-state index in [2.05, 4.69) is 24.9 Å². The minimum absolute atomic E-state index is 0.0721. The van der Waals surface area contributed by atoms with Gasteiger partial charge in [0, 0.05) is 11.6 Å². The summed E-state index contributed by atoms with van der Waals surface area (Å²) in [5.74, 6) is 0.915. The molecule has 3 nitrogen and oxygen atoms in total. The largest absolute Gasteiger partial charge is 0.496 e. The fourth-order valence-corrected chi connectivity index (χ4v) is 2.32. The summed E-state index contributed by atoms with van der Waals surface area (Å²) in [5, 5.41) is 0. The third kappa shape index (κ3) is 3.45. The maximum Gasteiger partial charge on any atom is 0.123 e. The quantitative estimate of drug-likeness (QED) is 0.824. The maximum absolute atomic E-state index is 6.13. The fourth-order valence-electron chi connectivity index (χ4n) is 2.32.